The van der Waals surface area contributed by atoms with Crippen molar-refractivity contribution in [3.8, 4) is 11.6 Å². The van der Waals surface area contributed by atoms with Crippen LogP contribution >= 0.6 is 0 Å². The SMILES string of the molecule is Cc1cc(Oc2ccc(F)cc2)nc([C@@H]2CCCN(C(=O)c3cccc(Cn4ccnc4)c3)C2)n1. The lowest BCUT2D eigenvalue weighted by Crippen LogP contribution is -2.39. The normalized spacial score (nSPS) is 15.7. The first-order chi connectivity index (χ1) is 17.0. The van der Waals surface area contributed by atoms with Crippen LogP contribution in [0.5, 0.6) is 11.6 Å². The van der Waals surface area contributed by atoms with Gasteiger partial charge >= 0.3 is 0 Å². The van der Waals surface area contributed by atoms with E-state index < -0.39 is 0 Å². The topological polar surface area (TPSA) is 73.1 Å². The molecule has 0 unspecified atom stereocenters. The average Bonchev–Trinajstić information content (AvgIpc) is 3.38. The standard InChI is InChI=1S/C27H26FN5O2/c1-19-14-25(35-24-9-7-23(28)8-10-24)31-26(30-19)22-6-3-12-33(17-22)27(34)21-5-2-4-20(15-21)16-32-13-11-29-18-32/h2,4-5,7-11,13-15,18,22H,3,6,12,16-17H2,1H3/t22-/m1/s1. The number of hydrogen-bond donors (Lipinski definition) is 0. The molecule has 0 N–H and O–H groups in total. The Morgan fingerprint density at radius 3 is 2.80 bits per heavy atom. The van der Waals surface area contributed by atoms with Crippen molar-refractivity contribution in [3.05, 3.63) is 102 Å². The van der Waals surface area contributed by atoms with E-state index in [-0.39, 0.29) is 17.6 Å². The van der Waals surface area contributed by atoms with E-state index in [9.17, 15) is 9.18 Å². The molecule has 1 amide bonds. The number of nitrogens with zero attached hydrogens (tertiary/aromatic N) is 5. The molecular formula is C27H26FN5O2. The number of hydrogen-bond acceptors (Lipinski definition) is 5. The number of likely N-dealkylation sites (tertiary alicyclic amines) is 1. The fourth-order valence-electron chi connectivity index (χ4n) is 4.37. The molecule has 0 radical (unpaired) electrons. The Morgan fingerprint density at radius 2 is 2.00 bits per heavy atom. The summed E-state index contributed by atoms with van der Waals surface area (Å²) >= 11 is 0. The number of ether oxygens (including phenoxy) is 1. The van der Waals surface area contributed by atoms with Crippen LogP contribution in [0.25, 0.3) is 0 Å². The van der Waals surface area contributed by atoms with Crippen molar-refractivity contribution in [3.63, 3.8) is 0 Å². The highest BCUT2D eigenvalue weighted by molar-refractivity contribution is 5.94. The Bertz CT molecular complexity index is 1310. The maximum absolute atomic E-state index is 13.3. The first-order valence-electron chi connectivity index (χ1n) is 11.7. The molecule has 8 heteroatoms. The fourth-order valence-corrected chi connectivity index (χ4v) is 4.37. The lowest BCUT2D eigenvalue weighted by Gasteiger charge is -2.32. The Hall–Kier alpha value is -4.07. The minimum absolute atomic E-state index is 0.0114. The summed E-state index contributed by atoms with van der Waals surface area (Å²) in [6.45, 7) is 3.80. The van der Waals surface area contributed by atoms with E-state index in [1.807, 2.05) is 46.9 Å². The third-order valence-corrected chi connectivity index (χ3v) is 6.06. The van der Waals surface area contributed by atoms with Gasteiger partial charge in [0.05, 0.1) is 6.33 Å². The molecule has 1 fully saturated rings. The molecule has 3 heterocycles. The molecule has 178 valence electrons. The minimum atomic E-state index is -0.323. The van der Waals surface area contributed by atoms with Crippen LogP contribution in [0.1, 0.15) is 46.2 Å². The molecule has 1 atom stereocenters. The first-order valence-corrected chi connectivity index (χ1v) is 11.7. The van der Waals surface area contributed by atoms with Gasteiger partial charge in [-0.1, -0.05) is 12.1 Å². The van der Waals surface area contributed by atoms with Crippen LogP contribution in [0.3, 0.4) is 0 Å². The number of carbonyl (C=O) groups excluding carboxylic acids is 1. The number of halogens is 1. The van der Waals surface area contributed by atoms with Gasteiger partial charge < -0.3 is 14.2 Å². The molecule has 0 bridgehead atoms. The number of aromatic nitrogens is 4. The van der Waals surface area contributed by atoms with Gasteiger partial charge in [0.2, 0.25) is 5.88 Å². The molecule has 0 aliphatic carbocycles. The summed E-state index contributed by atoms with van der Waals surface area (Å²) in [7, 11) is 0. The van der Waals surface area contributed by atoms with Gasteiger partial charge in [-0.25, -0.2) is 14.4 Å². The predicted molar refractivity (Wildman–Crippen MR) is 129 cm³/mol. The van der Waals surface area contributed by atoms with Crippen LogP contribution in [-0.2, 0) is 6.54 Å². The highest BCUT2D eigenvalue weighted by atomic mass is 19.1. The highest BCUT2D eigenvalue weighted by Crippen LogP contribution is 2.28. The molecule has 1 saturated heterocycles. The summed E-state index contributed by atoms with van der Waals surface area (Å²) in [5.74, 6) is 1.28. The van der Waals surface area contributed by atoms with Crippen LogP contribution in [0.4, 0.5) is 4.39 Å². The van der Waals surface area contributed by atoms with E-state index in [1.54, 1.807) is 30.7 Å². The lowest BCUT2D eigenvalue weighted by molar-refractivity contribution is 0.0704. The second-order valence-electron chi connectivity index (χ2n) is 8.79. The smallest absolute Gasteiger partial charge is 0.253 e. The summed E-state index contributed by atoms with van der Waals surface area (Å²) in [4.78, 5) is 28.6. The molecular weight excluding hydrogens is 445 g/mol. The molecule has 2 aromatic carbocycles. The van der Waals surface area contributed by atoms with E-state index in [4.69, 9.17) is 4.74 Å². The Balaban J connectivity index is 1.30. The highest BCUT2D eigenvalue weighted by Gasteiger charge is 2.28. The fraction of sp³-hybridized carbons (Fsp3) is 0.259. The van der Waals surface area contributed by atoms with Crippen molar-refractivity contribution in [1.29, 1.82) is 0 Å². The Kier molecular flexibility index (Phi) is 6.52. The first kappa shape index (κ1) is 22.7. The molecule has 2 aromatic heterocycles. The number of carbonyl (C=O) groups is 1. The molecule has 0 spiro atoms. The second kappa shape index (κ2) is 10.0. The number of aryl methyl sites for hydroxylation is 1. The third-order valence-electron chi connectivity index (χ3n) is 6.06. The van der Waals surface area contributed by atoms with Crippen molar-refractivity contribution >= 4 is 5.91 Å². The molecule has 7 nitrogen and oxygen atoms in total. The Labute approximate surface area is 203 Å². The zero-order valence-electron chi connectivity index (χ0n) is 19.5. The number of imidazole rings is 1. The van der Waals surface area contributed by atoms with Crippen molar-refractivity contribution in [2.45, 2.75) is 32.2 Å². The van der Waals surface area contributed by atoms with Gasteiger partial charge in [-0.15, -0.1) is 0 Å². The van der Waals surface area contributed by atoms with Crippen molar-refractivity contribution in [1.82, 2.24) is 24.4 Å². The van der Waals surface area contributed by atoms with Gasteiger partial charge in [-0.3, -0.25) is 4.79 Å². The summed E-state index contributed by atoms with van der Waals surface area (Å²) in [6, 6.07) is 15.3. The largest absolute Gasteiger partial charge is 0.439 e. The average molecular weight is 472 g/mol. The van der Waals surface area contributed by atoms with Gasteiger partial charge in [0.25, 0.3) is 5.91 Å². The molecule has 1 aliphatic rings. The molecule has 5 rings (SSSR count). The van der Waals surface area contributed by atoms with Crippen molar-refractivity contribution in [2.24, 2.45) is 0 Å². The van der Waals surface area contributed by atoms with Gasteiger partial charge in [0.1, 0.15) is 17.4 Å². The molecule has 4 aromatic rings. The number of rotatable bonds is 6. The van der Waals surface area contributed by atoms with Gasteiger partial charge in [0, 0.05) is 55.3 Å². The minimum Gasteiger partial charge on any atom is -0.439 e. The summed E-state index contributed by atoms with van der Waals surface area (Å²) in [5.41, 5.74) is 2.50. The van der Waals surface area contributed by atoms with Gasteiger partial charge in [-0.2, -0.15) is 4.98 Å². The second-order valence-corrected chi connectivity index (χ2v) is 8.79. The van der Waals surface area contributed by atoms with E-state index in [2.05, 4.69) is 15.0 Å². The zero-order valence-corrected chi connectivity index (χ0v) is 19.5. The number of benzene rings is 2. The zero-order chi connectivity index (χ0) is 24.2. The van der Waals surface area contributed by atoms with Gasteiger partial charge in [-0.05, 0) is 61.7 Å². The quantitative estimate of drug-likeness (QED) is 0.397. The maximum atomic E-state index is 13.3. The van der Waals surface area contributed by atoms with Crippen molar-refractivity contribution < 1.29 is 13.9 Å². The van der Waals surface area contributed by atoms with Crippen LogP contribution in [-0.4, -0.2) is 43.4 Å². The summed E-state index contributed by atoms with van der Waals surface area (Å²) in [5, 5.41) is 0. The van der Waals surface area contributed by atoms with Crippen molar-refractivity contribution in [2.75, 3.05) is 13.1 Å². The van der Waals surface area contributed by atoms with Crippen LogP contribution in [0.2, 0.25) is 0 Å². The van der Waals surface area contributed by atoms with E-state index >= 15 is 0 Å². The van der Waals surface area contributed by atoms with E-state index in [0.29, 0.717) is 42.7 Å². The number of amides is 1. The number of piperidine rings is 1. The summed E-state index contributed by atoms with van der Waals surface area (Å²) in [6.07, 6.45) is 7.17. The molecule has 35 heavy (non-hydrogen) atoms. The summed E-state index contributed by atoms with van der Waals surface area (Å²) < 4.78 is 21.0. The third kappa shape index (κ3) is 5.54. The lowest BCUT2D eigenvalue weighted by atomic mass is 9.96. The maximum Gasteiger partial charge on any atom is 0.253 e. The van der Waals surface area contributed by atoms with Crippen LogP contribution in [0, 0.1) is 12.7 Å². The molecule has 1 aliphatic heterocycles. The van der Waals surface area contributed by atoms with E-state index in [1.165, 1.54) is 12.1 Å². The van der Waals surface area contributed by atoms with E-state index in [0.717, 1.165) is 24.1 Å². The van der Waals surface area contributed by atoms with Crippen LogP contribution in [0.15, 0.2) is 73.3 Å². The molecule has 0 saturated carbocycles. The van der Waals surface area contributed by atoms with Crippen LogP contribution < -0.4 is 4.74 Å². The predicted octanol–water partition coefficient (Wildman–Crippen LogP) is 4.98. The Morgan fingerprint density at radius 1 is 1.14 bits per heavy atom. The van der Waals surface area contributed by atoms with Gasteiger partial charge in [0.15, 0.2) is 0 Å². The monoisotopic (exact) mass is 471 g/mol.